The number of halogens is 1. The highest BCUT2D eigenvalue weighted by molar-refractivity contribution is 6.46. The fourth-order valence-corrected chi connectivity index (χ4v) is 3.51. The van der Waals surface area contributed by atoms with Crippen LogP contribution in [0.2, 0.25) is 5.02 Å². The van der Waals surface area contributed by atoms with Gasteiger partial charge in [0.2, 0.25) is 0 Å². The molecule has 1 aromatic heterocycles. The van der Waals surface area contributed by atoms with Gasteiger partial charge >= 0.3 is 0 Å². The number of carbonyl (C=O) groups is 2. The number of furan rings is 1. The molecule has 2 aromatic carbocycles. The second-order valence-corrected chi connectivity index (χ2v) is 7.04. The average molecular weight is 410 g/mol. The van der Waals surface area contributed by atoms with E-state index in [-0.39, 0.29) is 23.6 Å². The van der Waals surface area contributed by atoms with Crippen LogP contribution in [0.3, 0.4) is 0 Å². The first-order valence-corrected chi connectivity index (χ1v) is 9.19. The number of amides is 1. The molecule has 1 fully saturated rings. The summed E-state index contributed by atoms with van der Waals surface area (Å²) in [5, 5.41) is 21.0. The van der Waals surface area contributed by atoms with Crippen molar-refractivity contribution >= 4 is 29.1 Å². The lowest BCUT2D eigenvalue weighted by Crippen LogP contribution is -2.29. The normalized spacial score (nSPS) is 18.4. The molecule has 0 aliphatic carbocycles. The number of hydrogen-bond acceptors (Lipinski definition) is 5. The zero-order chi connectivity index (χ0) is 20.5. The van der Waals surface area contributed by atoms with Crippen LogP contribution < -0.4 is 0 Å². The molecule has 1 saturated heterocycles. The summed E-state index contributed by atoms with van der Waals surface area (Å²) in [6.07, 6.45) is 1.48. The molecule has 1 aliphatic heterocycles. The molecule has 0 bridgehead atoms. The van der Waals surface area contributed by atoms with Crippen LogP contribution >= 0.6 is 11.6 Å². The maximum atomic E-state index is 12.9. The number of aliphatic hydroxyl groups is 1. The van der Waals surface area contributed by atoms with E-state index in [0.717, 1.165) is 0 Å². The van der Waals surface area contributed by atoms with Crippen molar-refractivity contribution in [3.63, 3.8) is 0 Å². The van der Waals surface area contributed by atoms with Gasteiger partial charge in [0.15, 0.2) is 0 Å². The molecule has 4 rings (SSSR count). The Kier molecular flexibility index (Phi) is 4.86. The molecule has 2 heterocycles. The van der Waals surface area contributed by atoms with E-state index < -0.39 is 17.7 Å². The van der Waals surface area contributed by atoms with Gasteiger partial charge in [-0.05, 0) is 54.1 Å². The largest absolute Gasteiger partial charge is 0.508 e. The van der Waals surface area contributed by atoms with Crippen molar-refractivity contribution in [2.45, 2.75) is 12.6 Å². The standard InChI is InChI=1S/C22H16ClNO5/c23-15-7-3-14(4-8-15)20(26)18-19(13-5-9-16(25)10-6-13)24(22(28)21(18)27)12-17-2-1-11-29-17/h1-11,19,25-26H,12H2. The number of nitrogens with zero attached hydrogens (tertiary/aromatic N) is 1. The van der Waals surface area contributed by atoms with Crippen molar-refractivity contribution in [3.8, 4) is 5.75 Å². The lowest BCUT2D eigenvalue weighted by Gasteiger charge is -2.24. The number of Topliss-reactive ketones (excluding diaryl/α,β-unsaturated/α-hetero) is 1. The van der Waals surface area contributed by atoms with Gasteiger partial charge in [0.25, 0.3) is 11.7 Å². The zero-order valence-corrected chi connectivity index (χ0v) is 15.8. The van der Waals surface area contributed by atoms with Gasteiger partial charge < -0.3 is 19.5 Å². The summed E-state index contributed by atoms with van der Waals surface area (Å²) in [5.41, 5.74) is 0.910. The number of aliphatic hydroxyl groups excluding tert-OH is 1. The third-order valence-corrected chi connectivity index (χ3v) is 5.02. The first-order valence-electron chi connectivity index (χ1n) is 8.81. The quantitative estimate of drug-likeness (QED) is 0.381. The smallest absolute Gasteiger partial charge is 0.296 e. The Bertz CT molecular complexity index is 1090. The van der Waals surface area contributed by atoms with Gasteiger partial charge in [-0.15, -0.1) is 0 Å². The summed E-state index contributed by atoms with van der Waals surface area (Å²) in [6, 6.07) is 15.0. The summed E-state index contributed by atoms with van der Waals surface area (Å²) in [6.45, 7) is 0.0561. The molecule has 146 valence electrons. The highest BCUT2D eigenvalue weighted by atomic mass is 35.5. The predicted octanol–water partition coefficient (Wildman–Crippen LogP) is 4.26. The Morgan fingerprint density at radius 2 is 1.72 bits per heavy atom. The van der Waals surface area contributed by atoms with Crippen LogP contribution in [0, 0.1) is 0 Å². The van der Waals surface area contributed by atoms with E-state index in [4.69, 9.17) is 16.0 Å². The average Bonchev–Trinajstić information content (AvgIpc) is 3.31. The number of ketones is 1. The molecule has 2 N–H and O–H groups in total. The second-order valence-electron chi connectivity index (χ2n) is 6.60. The Morgan fingerprint density at radius 1 is 1.03 bits per heavy atom. The fraction of sp³-hybridized carbons (Fsp3) is 0.0909. The van der Waals surface area contributed by atoms with Crippen molar-refractivity contribution < 1.29 is 24.2 Å². The van der Waals surface area contributed by atoms with Gasteiger partial charge in [-0.1, -0.05) is 23.7 Å². The van der Waals surface area contributed by atoms with Gasteiger partial charge in [0.1, 0.15) is 17.3 Å². The van der Waals surface area contributed by atoms with E-state index in [0.29, 0.717) is 21.9 Å². The number of rotatable bonds is 4. The monoisotopic (exact) mass is 409 g/mol. The van der Waals surface area contributed by atoms with Gasteiger partial charge in [-0.2, -0.15) is 0 Å². The molecule has 3 aromatic rings. The summed E-state index contributed by atoms with van der Waals surface area (Å²) >= 11 is 5.91. The van der Waals surface area contributed by atoms with Crippen molar-refractivity contribution in [2.24, 2.45) is 0 Å². The van der Waals surface area contributed by atoms with Gasteiger partial charge in [0.05, 0.1) is 24.4 Å². The van der Waals surface area contributed by atoms with Gasteiger partial charge in [-0.3, -0.25) is 9.59 Å². The molecular formula is C22H16ClNO5. The first kappa shape index (κ1) is 18.8. The zero-order valence-electron chi connectivity index (χ0n) is 15.1. The fourth-order valence-electron chi connectivity index (χ4n) is 3.38. The molecule has 0 spiro atoms. The Balaban J connectivity index is 1.86. The van der Waals surface area contributed by atoms with Crippen LogP contribution in [0.1, 0.15) is 22.9 Å². The van der Waals surface area contributed by atoms with Crippen molar-refractivity contribution in [3.05, 3.63) is 94.4 Å². The molecule has 1 unspecified atom stereocenters. The number of benzene rings is 2. The number of likely N-dealkylation sites (tertiary alicyclic amines) is 1. The Hall–Kier alpha value is -3.51. The van der Waals surface area contributed by atoms with Crippen LogP contribution in [-0.4, -0.2) is 26.8 Å². The van der Waals surface area contributed by atoms with E-state index in [9.17, 15) is 19.8 Å². The predicted molar refractivity (Wildman–Crippen MR) is 106 cm³/mol. The van der Waals surface area contributed by atoms with Crippen molar-refractivity contribution in [2.75, 3.05) is 0 Å². The van der Waals surface area contributed by atoms with E-state index in [1.807, 2.05) is 0 Å². The molecule has 1 amide bonds. The molecule has 6 nitrogen and oxygen atoms in total. The SMILES string of the molecule is O=C1C(=O)N(Cc2ccco2)C(c2ccc(O)cc2)C1=C(O)c1ccc(Cl)cc1. The van der Waals surface area contributed by atoms with E-state index in [2.05, 4.69) is 0 Å². The van der Waals surface area contributed by atoms with Crippen LogP contribution in [0.5, 0.6) is 5.75 Å². The molecule has 0 saturated carbocycles. The third kappa shape index (κ3) is 3.50. The van der Waals surface area contributed by atoms with Crippen LogP contribution in [0.4, 0.5) is 0 Å². The summed E-state index contributed by atoms with van der Waals surface area (Å²) in [5.74, 6) is -1.27. The molecular weight excluding hydrogens is 394 g/mol. The number of carbonyl (C=O) groups excluding carboxylic acids is 2. The number of hydrogen-bond donors (Lipinski definition) is 2. The minimum atomic E-state index is -0.837. The minimum absolute atomic E-state index is 0.0328. The topological polar surface area (TPSA) is 91.0 Å². The minimum Gasteiger partial charge on any atom is -0.508 e. The summed E-state index contributed by atoms with van der Waals surface area (Å²) < 4.78 is 5.34. The number of aromatic hydroxyl groups is 1. The molecule has 1 aliphatic rings. The third-order valence-electron chi connectivity index (χ3n) is 4.77. The molecule has 7 heteroatoms. The van der Waals surface area contributed by atoms with Crippen LogP contribution in [0.15, 0.2) is 76.9 Å². The van der Waals surface area contributed by atoms with Crippen LogP contribution in [0.25, 0.3) is 5.76 Å². The lowest BCUT2D eigenvalue weighted by molar-refractivity contribution is -0.140. The van der Waals surface area contributed by atoms with Crippen LogP contribution in [-0.2, 0) is 16.1 Å². The second kappa shape index (κ2) is 7.48. The van der Waals surface area contributed by atoms with E-state index in [1.165, 1.54) is 23.3 Å². The highest BCUT2D eigenvalue weighted by Crippen LogP contribution is 2.40. The van der Waals surface area contributed by atoms with E-state index >= 15 is 0 Å². The van der Waals surface area contributed by atoms with Gasteiger partial charge in [0, 0.05) is 10.6 Å². The summed E-state index contributed by atoms with van der Waals surface area (Å²) in [4.78, 5) is 27.0. The number of phenolic OH excluding ortho intramolecular Hbond substituents is 1. The lowest BCUT2D eigenvalue weighted by atomic mass is 9.95. The maximum Gasteiger partial charge on any atom is 0.296 e. The summed E-state index contributed by atoms with van der Waals surface area (Å²) in [7, 11) is 0. The Morgan fingerprint density at radius 3 is 2.34 bits per heavy atom. The molecule has 0 radical (unpaired) electrons. The van der Waals surface area contributed by atoms with Gasteiger partial charge in [-0.25, -0.2) is 0 Å². The number of phenols is 1. The molecule has 29 heavy (non-hydrogen) atoms. The first-order chi connectivity index (χ1) is 14.0. The highest BCUT2D eigenvalue weighted by Gasteiger charge is 2.46. The van der Waals surface area contributed by atoms with Crippen molar-refractivity contribution in [1.29, 1.82) is 0 Å². The van der Waals surface area contributed by atoms with E-state index in [1.54, 1.807) is 48.5 Å². The molecule has 1 atom stereocenters. The van der Waals surface area contributed by atoms with Crippen molar-refractivity contribution in [1.82, 2.24) is 4.90 Å². The maximum absolute atomic E-state index is 12.9. The Labute approximate surface area is 171 Å².